The second-order valence-corrected chi connectivity index (χ2v) is 7.97. The van der Waals surface area contributed by atoms with E-state index in [1.165, 1.54) is 6.42 Å². The molecule has 0 spiro atoms. The highest BCUT2D eigenvalue weighted by atomic mass is 32.2. The Morgan fingerprint density at radius 2 is 1.94 bits per heavy atom. The first-order valence-electron chi connectivity index (χ1n) is 6.62. The number of nitrogens with one attached hydrogen (secondary N) is 1. The molecular formula is C12H22N2O3S. The number of carbonyl (C=O) groups excluding carboxylic acids is 1. The summed E-state index contributed by atoms with van der Waals surface area (Å²) in [4.78, 5) is 14.1. The first-order chi connectivity index (χ1) is 8.39. The first-order valence-corrected chi connectivity index (χ1v) is 8.45. The summed E-state index contributed by atoms with van der Waals surface area (Å²) in [5, 5.41) is 2.90. The molecule has 2 saturated heterocycles. The van der Waals surface area contributed by atoms with Crippen LogP contribution in [0, 0.1) is 0 Å². The Labute approximate surface area is 109 Å². The number of rotatable bonds is 3. The molecule has 0 aromatic rings. The van der Waals surface area contributed by atoms with Crippen LogP contribution in [0.15, 0.2) is 0 Å². The summed E-state index contributed by atoms with van der Waals surface area (Å²) in [7, 11) is -2.96. The lowest BCUT2D eigenvalue weighted by Gasteiger charge is -2.29. The summed E-state index contributed by atoms with van der Waals surface area (Å²) in [6.07, 6.45) is 4.08. The zero-order chi connectivity index (χ0) is 13.2. The van der Waals surface area contributed by atoms with Crippen molar-refractivity contribution in [2.45, 2.75) is 38.1 Å². The topological polar surface area (TPSA) is 66.5 Å². The van der Waals surface area contributed by atoms with Gasteiger partial charge in [0.2, 0.25) is 5.91 Å². The number of hydrogen-bond donors (Lipinski definition) is 1. The van der Waals surface area contributed by atoms with Crippen molar-refractivity contribution in [3.05, 3.63) is 0 Å². The fourth-order valence-corrected chi connectivity index (χ4v) is 4.90. The van der Waals surface area contributed by atoms with Crippen LogP contribution in [-0.2, 0) is 14.6 Å². The van der Waals surface area contributed by atoms with Gasteiger partial charge in [-0.1, -0.05) is 6.42 Å². The second-order valence-electron chi connectivity index (χ2n) is 5.79. The molecule has 0 aromatic heterocycles. The highest BCUT2D eigenvalue weighted by molar-refractivity contribution is 7.91. The standard InChI is InChI=1S/C12H22N2O3S/c1-12(5-8-18(16,17)10-12)13-11(15)9-14-6-3-2-4-7-14/h2-10H2,1H3,(H,13,15)/t12-/m1/s1. The van der Waals surface area contributed by atoms with E-state index in [2.05, 4.69) is 10.2 Å². The molecule has 6 heteroatoms. The summed E-state index contributed by atoms with van der Waals surface area (Å²) in [5.41, 5.74) is -0.564. The molecule has 18 heavy (non-hydrogen) atoms. The molecule has 2 rings (SSSR count). The van der Waals surface area contributed by atoms with Gasteiger partial charge in [0.1, 0.15) is 0 Å². The maximum absolute atomic E-state index is 11.9. The van der Waals surface area contributed by atoms with Crippen molar-refractivity contribution in [1.82, 2.24) is 10.2 Å². The normalized spacial score (nSPS) is 32.3. The van der Waals surface area contributed by atoms with E-state index < -0.39 is 15.4 Å². The molecule has 1 amide bonds. The van der Waals surface area contributed by atoms with Crippen LogP contribution in [0.1, 0.15) is 32.6 Å². The van der Waals surface area contributed by atoms with Crippen LogP contribution in [-0.4, -0.2) is 55.9 Å². The van der Waals surface area contributed by atoms with Crippen LogP contribution in [0.25, 0.3) is 0 Å². The Hall–Kier alpha value is -0.620. The molecule has 0 aromatic carbocycles. The molecule has 2 fully saturated rings. The van der Waals surface area contributed by atoms with Gasteiger partial charge in [-0.05, 0) is 39.3 Å². The number of carbonyl (C=O) groups is 1. The lowest BCUT2D eigenvalue weighted by molar-refractivity contribution is -0.124. The third-order valence-electron chi connectivity index (χ3n) is 3.76. The monoisotopic (exact) mass is 274 g/mol. The van der Waals surface area contributed by atoms with Gasteiger partial charge in [0, 0.05) is 0 Å². The quantitative estimate of drug-likeness (QED) is 0.796. The smallest absolute Gasteiger partial charge is 0.234 e. The van der Waals surface area contributed by atoms with Crippen LogP contribution in [0.4, 0.5) is 0 Å². The van der Waals surface area contributed by atoms with Crippen LogP contribution in [0.5, 0.6) is 0 Å². The maximum atomic E-state index is 11.9. The number of amides is 1. The molecule has 0 bridgehead atoms. The summed E-state index contributed by atoms with van der Waals surface area (Å²) in [6.45, 7) is 4.17. The number of nitrogens with zero attached hydrogens (tertiary/aromatic N) is 1. The van der Waals surface area contributed by atoms with E-state index in [4.69, 9.17) is 0 Å². The molecule has 104 valence electrons. The molecule has 2 heterocycles. The van der Waals surface area contributed by atoms with Crippen molar-refractivity contribution in [3.63, 3.8) is 0 Å². The average molecular weight is 274 g/mol. The van der Waals surface area contributed by atoms with Crippen molar-refractivity contribution in [3.8, 4) is 0 Å². The van der Waals surface area contributed by atoms with Crippen LogP contribution < -0.4 is 5.32 Å². The molecule has 0 unspecified atom stereocenters. The predicted octanol–water partition coefficient (Wildman–Crippen LogP) is 0.166. The zero-order valence-corrected chi connectivity index (χ0v) is 11.8. The van der Waals surface area contributed by atoms with Crippen LogP contribution >= 0.6 is 0 Å². The van der Waals surface area contributed by atoms with Gasteiger partial charge in [-0.25, -0.2) is 8.42 Å². The second kappa shape index (κ2) is 5.17. The van der Waals surface area contributed by atoms with Gasteiger partial charge in [-0.2, -0.15) is 0 Å². The Bertz CT molecular complexity index is 415. The Morgan fingerprint density at radius 3 is 2.50 bits per heavy atom. The van der Waals surface area contributed by atoms with Crippen molar-refractivity contribution < 1.29 is 13.2 Å². The highest BCUT2D eigenvalue weighted by Crippen LogP contribution is 2.22. The fraction of sp³-hybridized carbons (Fsp3) is 0.917. The van der Waals surface area contributed by atoms with E-state index in [9.17, 15) is 13.2 Å². The van der Waals surface area contributed by atoms with Crippen molar-refractivity contribution in [2.24, 2.45) is 0 Å². The van der Waals surface area contributed by atoms with Crippen LogP contribution in [0.3, 0.4) is 0 Å². The molecule has 0 radical (unpaired) electrons. The van der Waals surface area contributed by atoms with Crippen molar-refractivity contribution in [1.29, 1.82) is 0 Å². The van der Waals surface area contributed by atoms with Gasteiger partial charge in [0.15, 0.2) is 9.84 Å². The van der Waals surface area contributed by atoms with Gasteiger partial charge in [-0.15, -0.1) is 0 Å². The van der Waals surface area contributed by atoms with E-state index in [-0.39, 0.29) is 17.4 Å². The minimum Gasteiger partial charge on any atom is -0.349 e. The summed E-state index contributed by atoms with van der Waals surface area (Å²) in [6, 6.07) is 0. The maximum Gasteiger partial charge on any atom is 0.234 e. The van der Waals surface area contributed by atoms with E-state index >= 15 is 0 Å². The van der Waals surface area contributed by atoms with Crippen LogP contribution in [0.2, 0.25) is 0 Å². The Balaban J connectivity index is 1.84. The first kappa shape index (κ1) is 13.8. The van der Waals surface area contributed by atoms with E-state index in [1.807, 2.05) is 6.92 Å². The largest absolute Gasteiger partial charge is 0.349 e. The predicted molar refractivity (Wildman–Crippen MR) is 70.1 cm³/mol. The molecule has 0 aliphatic carbocycles. The van der Waals surface area contributed by atoms with E-state index in [0.717, 1.165) is 25.9 Å². The Morgan fingerprint density at radius 1 is 1.28 bits per heavy atom. The molecule has 1 atom stereocenters. The van der Waals surface area contributed by atoms with Crippen molar-refractivity contribution in [2.75, 3.05) is 31.1 Å². The average Bonchev–Trinajstić information content (AvgIpc) is 2.53. The molecule has 0 saturated carbocycles. The van der Waals surface area contributed by atoms with Gasteiger partial charge in [0.05, 0.1) is 23.6 Å². The molecule has 5 nitrogen and oxygen atoms in total. The number of piperidine rings is 1. The summed E-state index contributed by atoms with van der Waals surface area (Å²) < 4.78 is 22.9. The summed E-state index contributed by atoms with van der Waals surface area (Å²) >= 11 is 0. The molecule has 2 aliphatic heterocycles. The lowest BCUT2D eigenvalue weighted by atomic mass is 10.0. The molecule has 2 aliphatic rings. The SMILES string of the molecule is C[C@@]1(NC(=O)CN2CCCCC2)CCS(=O)(=O)C1. The third kappa shape index (κ3) is 3.68. The van der Waals surface area contributed by atoms with Gasteiger partial charge in [-0.3, -0.25) is 9.69 Å². The fourth-order valence-electron chi connectivity index (χ4n) is 2.81. The number of hydrogen-bond acceptors (Lipinski definition) is 4. The zero-order valence-electron chi connectivity index (χ0n) is 10.9. The minimum atomic E-state index is -2.96. The highest BCUT2D eigenvalue weighted by Gasteiger charge is 2.39. The van der Waals surface area contributed by atoms with Gasteiger partial charge in [0.25, 0.3) is 0 Å². The lowest BCUT2D eigenvalue weighted by Crippen LogP contribution is -2.50. The number of sulfone groups is 1. The van der Waals surface area contributed by atoms with Crippen molar-refractivity contribution >= 4 is 15.7 Å². The summed E-state index contributed by atoms with van der Waals surface area (Å²) in [5.74, 6) is 0.218. The van der Waals surface area contributed by atoms with Gasteiger partial charge < -0.3 is 5.32 Å². The third-order valence-corrected chi connectivity index (χ3v) is 5.66. The van der Waals surface area contributed by atoms with Gasteiger partial charge >= 0.3 is 0 Å². The minimum absolute atomic E-state index is 0.0449. The molecular weight excluding hydrogens is 252 g/mol. The van der Waals surface area contributed by atoms with E-state index in [1.54, 1.807) is 0 Å². The molecule has 1 N–H and O–H groups in total. The Kier molecular flexibility index (Phi) is 3.96. The van der Waals surface area contributed by atoms with E-state index in [0.29, 0.717) is 13.0 Å². The number of likely N-dealkylation sites (tertiary alicyclic amines) is 1.